The lowest BCUT2D eigenvalue weighted by Crippen LogP contribution is -2.22. The van der Waals surface area contributed by atoms with Crippen LogP contribution in [0.5, 0.6) is 0 Å². The summed E-state index contributed by atoms with van der Waals surface area (Å²) >= 11 is 6.06. The first kappa shape index (κ1) is 16.1. The van der Waals surface area contributed by atoms with Crippen LogP contribution in [-0.2, 0) is 6.42 Å². The Balaban J connectivity index is 2.01. The molecule has 0 heterocycles. The molecule has 0 saturated heterocycles. The van der Waals surface area contributed by atoms with Crippen molar-refractivity contribution in [2.45, 2.75) is 45.7 Å². The fraction of sp³-hybridized carbons (Fsp3) is 0.368. The van der Waals surface area contributed by atoms with Crippen molar-refractivity contribution in [2.75, 3.05) is 0 Å². The van der Waals surface area contributed by atoms with Gasteiger partial charge in [-0.15, -0.1) is 0 Å². The molecule has 0 fully saturated rings. The summed E-state index contributed by atoms with van der Waals surface area (Å²) in [5, 5.41) is 4.42. The molecule has 1 nitrogen and oxygen atoms in total. The first-order valence-electron chi connectivity index (χ1n) is 7.70. The maximum Gasteiger partial charge on any atom is 0.0409 e. The molecule has 2 heteroatoms. The zero-order valence-electron chi connectivity index (χ0n) is 13.1. The van der Waals surface area contributed by atoms with E-state index in [4.69, 9.17) is 11.6 Å². The molecule has 21 heavy (non-hydrogen) atoms. The van der Waals surface area contributed by atoms with E-state index in [0.29, 0.717) is 6.04 Å². The van der Waals surface area contributed by atoms with Gasteiger partial charge in [-0.05, 0) is 49.1 Å². The van der Waals surface area contributed by atoms with Crippen LogP contribution >= 0.6 is 11.6 Å². The Morgan fingerprint density at radius 1 is 0.952 bits per heavy atom. The molecule has 0 aromatic heterocycles. The Labute approximate surface area is 133 Å². The van der Waals surface area contributed by atoms with Crippen molar-refractivity contribution in [1.82, 2.24) is 5.32 Å². The minimum absolute atomic E-state index is 0.272. The third-order valence-electron chi connectivity index (χ3n) is 3.87. The van der Waals surface area contributed by atoms with Crippen LogP contribution in [-0.4, -0.2) is 0 Å². The van der Waals surface area contributed by atoms with Gasteiger partial charge in [-0.3, -0.25) is 0 Å². The van der Waals surface area contributed by atoms with Gasteiger partial charge in [0, 0.05) is 17.1 Å². The second-order valence-electron chi connectivity index (χ2n) is 5.66. The maximum absolute atomic E-state index is 6.06. The maximum atomic E-state index is 6.06. The van der Waals surface area contributed by atoms with Gasteiger partial charge in [0.25, 0.3) is 0 Å². The van der Waals surface area contributed by atoms with E-state index in [2.05, 4.69) is 56.4 Å². The molecule has 112 valence electrons. The van der Waals surface area contributed by atoms with Gasteiger partial charge in [0.15, 0.2) is 0 Å². The number of hydrogen-bond donors (Lipinski definition) is 1. The lowest BCUT2D eigenvalue weighted by atomic mass is 10.0. The molecule has 0 aliphatic carbocycles. The molecule has 0 spiro atoms. The molecule has 0 aliphatic rings. The molecule has 2 aromatic carbocycles. The van der Waals surface area contributed by atoms with E-state index in [9.17, 15) is 0 Å². The molecule has 1 N–H and O–H groups in total. The van der Waals surface area contributed by atoms with Gasteiger partial charge in [-0.25, -0.2) is 0 Å². The summed E-state index contributed by atoms with van der Waals surface area (Å²) in [6, 6.07) is 17.6. The number of rotatable bonds is 6. The summed E-state index contributed by atoms with van der Waals surface area (Å²) in [6.07, 6.45) is 2.35. The Kier molecular flexibility index (Phi) is 5.84. The van der Waals surface area contributed by atoms with Crippen molar-refractivity contribution in [3.05, 3.63) is 70.2 Å². The van der Waals surface area contributed by atoms with E-state index in [1.807, 2.05) is 18.2 Å². The highest BCUT2D eigenvalue weighted by Crippen LogP contribution is 2.22. The summed E-state index contributed by atoms with van der Waals surface area (Å²) in [7, 11) is 0. The largest absolute Gasteiger partial charge is 0.304 e. The highest BCUT2D eigenvalue weighted by Gasteiger charge is 2.11. The standard InChI is InChI=1S/C19H24ClN/c1-4-6-16-9-11-17(12-10-16)14(2)21-15(3)18-7-5-8-19(20)13-18/h5,7-15,21H,4,6H2,1-3H3/t14?,15-/m1/s1. The molecular formula is C19H24ClN. The summed E-state index contributed by atoms with van der Waals surface area (Å²) in [5.41, 5.74) is 3.96. The zero-order chi connectivity index (χ0) is 15.2. The van der Waals surface area contributed by atoms with E-state index in [1.165, 1.54) is 23.1 Å². The highest BCUT2D eigenvalue weighted by atomic mass is 35.5. The average Bonchev–Trinajstić information content (AvgIpc) is 2.48. The predicted molar refractivity (Wildman–Crippen MR) is 91.9 cm³/mol. The van der Waals surface area contributed by atoms with E-state index in [-0.39, 0.29) is 6.04 Å². The zero-order valence-corrected chi connectivity index (χ0v) is 13.8. The average molecular weight is 302 g/mol. The summed E-state index contributed by atoms with van der Waals surface area (Å²) in [6.45, 7) is 6.59. The first-order valence-corrected chi connectivity index (χ1v) is 8.08. The minimum Gasteiger partial charge on any atom is -0.304 e. The Morgan fingerprint density at radius 2 is 1.62 bits per heavy atom. The molecule has 0 aliphatic heterocycles. The Bertz CT molecular complexity index is 562. The number of benzene rings is 2. The van der Waals surface area contributed by atoms with Crippen molar-refractivity contribution < 1.29 is 0 Å². The topological polar surface area (TPSA) is 12.0 Å². The van der Waals surface area contributed by atoms with Crippen molar-refractivity contribution >= 4 is 11.6 Å². The molecule has 0 saturated carbocycles. The molecule has 2 atom stereocenters. The second-order valence-corrected chi connectivity index (χ2v) is 6.09. The highest BCUT2D eigenvalue weighted by molar-refractivity contribution is 6.30. The van der Waals surface area contributed by atoms with Crippen LogP contribution in [0.1, 0.15) is 56.0 Å². The van der Waals surface area contributed by atoms with Crippen molar-refractivity contribution in [1.29, 1.82) is 0 Å². The minimum atomic E-state index is 0.272. The van der Waals surface area contributed by atoms with E-state index in [1.54, 1.807) is 0 Å². The monoisotopic (exact) mass is 301 g/mol. The van der Waals surface area contributed by atoms with Gasteiger partial charge >= 0.3 is 0 Å². The second kappa shape index (κ2) is 7.63. The molecule has 0 bridgehead atoms. The third-order valence-corrected chi connectivity index (χ3v) is 4.10. The predicted octanol–water partition coefficient (Wildman–Crippen LogP) is 5.70. The molecular weight excluding hydrogens is 278 g/mol. The molecule has 0 radical (unpaired) electrons. The van der Waals surface area contributed by atoms with E-state index < -0.39 is 0 Å². The summed E-state index contributed by atoms with van der Waals surface area (Å²) in [4.78, 5) is 0. The molecule has 0 amide bonds. The van der Waals surface area contributed by atoms with Gasteiger partial charge in [0.1, 0.15) is 0 Å². The van der Waals surface area contributed by atoms with E-state index >= 15 is 0 Å². The van der Waals surface area contributed by atoms with Crippen molar-refractivity contribution in [2.24, 2.45) is 0 Å². The van der Waals surface area contributed by atoms with Crippen LogP contribution in [0.3, 0.4) is 0 Å². The van der Waals surface area contributed by atoms with Gasteiger partial charge in [0.2, 0.25) is 0 Å². The quantitative estimate of drug-likeness (QED) is 0.721. The number of hydrogen-bond acceptors (Lipinski definition) is 1. The van der Waals surface area contributed by atoms with E-state index in [0.717, 1.165) is 11.4 Å². The fourth-order valence-corrected chi connectivity index (χ4v) is 2.80. The number of halogens is 1. The molecule has 2 rings (SSSR count). The van der Waals surface area contributed by atoms with Crippen LogP contribution in [0.25, 0.3) is 0 Å². The van der Waals surface area contributed by atoms with Gasteiger partial charge < -0.3 is 5.32 Å². The molecule has 2 aromatic rings. The van der Waals surface area contributed by atoms with Gasteiger partial charge in [-0.1, -0.05) is 61.3 Å². The smallest absolute Gasteiger partial charge is 0.0409 e. The van der Waals surface area contributed by atoms with Crippen LogP contribution in [0.15, 0.2) is 48.5 Å². The Morgan fingerprint density at radius 3 is 2.24 bits per heavy atom. The fourth-order valence-electron chi connectivity index (χ4n) is 2.61. The van der Waals surface area contributed by atoms with Gasteiger partial charge in [-0.2, -0.15) is 0 Å². The van der Waals surface area contributed by atoms with Crippen LogP contribution in [0.4, 0.5) is 0 Å². The molecule has 1 unspecified atom stereocenters. The van der Waals surface area contributed by atoms with Crippen molar-refractivity contribution in [3.8, 4) is 0 Å². The lowest BCUT2D eigenvalue weighted by Gasteiger charge is -2.21. The lowest BCUT2D eigenvalue weighted by molar-refractivity contribution is 0.494. The Hall–Kier alpha value is -1.31. The number of aryl methyl sites for hydroxylation is 1. The SMILES string of the molecule is CCCc1ccc(C(C)N[C@H](C)c2cccc(Cl)c2)cc1. The third kappa shape index (κ3) is 4.59. The summed E-state index contributed by atoms with van der Waals surface area (Å²) < 4.78 is 0. The summed E-state index contributed by atoms with van der Waals surface area (Å²) in [5.74, 6) is 0. The van der Waals surface area contributed by atoms with Gasteiger partial charge in [0.05, 0.1) is 0 Å². The van der Waals surface area contributed by atoms with Crippen LogP contribution < -0.4 is 5.32 Å². The van der Waals surface area contributed by atoms with Crippen molar-refractivity contribution in [3.63, 3.8) is 0 Å². The van der Waals surface area contributed by atoms with Crippen LogP contribution in [0.2, 0.25) is 5.02 Å². The first-order chi connectivity index (χ1) is 10.1. The van der Waals surface area contributed by atoms with Crippen LogP contribution in [0, 0.1) is 0 Å². The number of nitrogens with one attached hydrogen (secondary N) is 1. The normalized spacial score (nSPS) is 13.9.